The van der Waals surface area contributed by atoms with E-state index in [2.05, 4.69) is 37.2 Å². The predicted octanol–water partition coefficient (Wildman–Crippen LogP) is 1.77. The van der Waals surface area contributed by atoms with Crippen LogP contribution < -0.4 is 5.32 Å². The number of likely N-dealkylation sites (N-methyl/N-ethyl adjacent to an activating group) is 1. The summed E-state index contributed by atoms with van der Waals surface area (Å²) >= 11 is 0. The minimum absolute atomic E-state index is 0.292. The minimum Gasteiger partial charge on any atom is -0.377 e. The molecule has 0 aliphatic heterocycles. The second-order valence-electron chi connectivity index (χ2n) is 5.59. The second-order valence-corrected chi connectivity index (χ2v) is 5.59. The van der Waals surface area contributed by atoms with Gasteiger partial charge in [-0.3, -0.25) is 0 Å². The van der Waals surface area contributed by atoms with Gasteiger partial charge in [0, 0.05) is 12.6 Å². The van der Waals surface area contributed by atoms with Gasteiger partial charge in [0.25, 0.3) is 0 Å². The summed E-state index contributed by atoms with van der Waals surface area (Å²) in [4.78, 5) is 2.34. The molecule has 0 bridgehead atoms. The molecule has 4 nitrogen and oxygen atoms in total. The third-order valence-electron chi connectivity index (χ3n) is 3.94. The Bertz CT molecular complexity index is 287. The van der Waals surface area contributed by atoms with Crippen LogP contribution >= 0.6 is 0 Å². The molecule has 1 saturated carbocycles. The third-order valence-corrected chi connectivity index (χ3v) is 3.94. The van der Waals surface area contributed by atoms with E-state index in [4.69, 9.17) is 4.74 Å². The zero-order chi connectivity index (χ0) is 13.6. The van der Waals surface area contributed by atoms with E-state index >= 15 is 0 Å². The van der Waals surface area contributed by atoms with Crippen molar-refractivity contribution in [3.05, 3.63) is 0 Å². The van der Waals surface area contributed by atoms with Crippen molar-refractivity contribution in [2.75, 3.05) is 27.2 Å². The van der Waals surface area contributed by atoms with Crippen LogP contribution in [0.1, 0.15) is 39.5 Å². The Hall–Kier alpha value is -0.630. The molecule has 104 valence electrons. The highest BCUT2D eigenvalue weighted by molar-refractivity contribution is 5.10. The lowest BCUT2D eigenvalue weighted by Crippen LogP contribution is -2.51. The molecule has 0 saturated heterocycles. The molecule has 0 radical (unpaired) electrons. The number of ether oxygens (including phenoxy) is 1. The Labute approximate surface area is 111 Å². The van der Waals surface area contributed by atoms with Crippen LogP contribution in [-0.4, -0.2) is 49.8 Å². The highest BCUT2D eigenvalue weighted by Crippen LogP contribution is 2.30. The Balaban J connectivity index is 2.43. The van der Waals surface area contributed by atoms with Crippen LogP contribution in [0.5, 0.6) is 0 Å². The number of hydrogen-bond acceptors (Lipinski definition) is 4. The van der Waals surface area contributed by atoms with E-state index in [1.165, 1.54) is 6.42 Å². The molecule has 1 rings (SSSR count). The van der Waals surface area contributed by atoms with Gasteiger partial charge in [-0.1, -0.05) is 0 Å². The molecule has 2 unspecified atom stereocenters. The number of nitrogens with one attached hydrogen (secondary N) is 1. The fourth-order valence-electron chi connectivity index (χ4n) is 2.62. The fraction of sp³-hybridized carbons (Fsp3) is 0.929. The predicted molar refractivity (Wildman–Crippen MR) is 73.4 cm³/mol. The highest BCUT2D eigenvalue weighted by atomic mass is 16.5. The van der Waals surface area contributed by atoms with E-state index in [0.29, 0.717) is 12.1 Å². The van der Waals surface area contributed by atoms with Crippen molar-refractivity contribution in [3.63, 3.8) is 0 Å². The van der Waals surface area contributed by atoms with Crippen molar-refractivity contribution in [1.82, 2.24) is 10.2 Å². The maximum atomic E-state index is 9.33. The van der Waals surface area contributed by atoms with Crippen LogP contribution in [0.3, 0.4) is 0 Å². The summed E-state index contributed by atoms with van der Waals surface area (Å²) in [5.41, 5.74) is -0.323. The molecule has 0 aromatic carbocycles. The van der Waals surface area contributed by atoms with E-state index in [0.717, 1.165) is 32.4 Å². The molecular weight excluding hydrogens is 226 g/mol. The van der Waals surface area contributed by atoms with Gasteiger partial charge in [-0.2, -0.15) is 5.26 Å². The summed E-state index contributed by atoms with van der Waals surface area (Å²) in [6.45, 7) is 5.82. The summed E-state index contributed by atoms with van der Waals surface area (Å²) in [6, 6.07) is 2.94. The first-order valence-corrected chi connectivity index (χ1v) is 6.95. The number of nitrogens with zero attached hydrogens (tertiary/aromatic N) is 2. The van der Waals surface area contributed by atoms with Gasteiger partial charge in [-0.05, 0) is 53.6 Å². The summed E-state index contributed by atoms with van der Waals surface area (Å²) in [6.07, 6.45) is 4.48. The molecule has 1 fully saturated rings. The van der Waals surface area contributed by atoms with Crippen LogP contribution in [0.25, 0.3) is 0 Å². The van der Waals surface area contributed by atoms with E-state index in [1.807, 2.05) is 7.05 Å². The highest BCUT2D eigenvalue weighted by Gasteiger charge is 2.36. The van der Waals surface area contributed by atoms with Crippen LogP contribution in [0, 0.1) is 11.3 Å². The summed E-state index contributed by atoms with van der Waals surface area (Å²) in [5, 5.41) is 12.5. The molecule has 4 heteroatoms. The Morgan fingerprint density at radius 3 is 2.83 bits per heavy atom. The van der Waals surface area contributed by atoms with Gasteiger partial charge < -0.3 is 15.0 Å². The lowest BCUT2D eigenvalue weighted by atomic mass is 9.79. The first-order valence-electron chi connectivity index (χ1n) is 6.95. The maximum absolute atomic E-state index is 9.33. The van der Waals surface area contributed by atoms with Crippen LogP contribution in [0.15, 0.2) is 0 Å². The Morgan fingerprint density at radius 2 is 2.28 bits per heavy atom. The standard InChI is InChI=1S/C14H27N3O/c1-12(2)18-9-8-17(4)13-6-5-7-14(10-13,11-15)16-3/h12-13,16H,5-10H2,1-4H3. The van der Waals surface area contributed by atoms with Gasteiger partial charge in [0.1, 0.15) is 5.54 Å². The summed E-state index contributed by atoms with van der Waals surface area (Å²) in [7, 11) is 4.03. The molecule has 2 atom stereocenters. The molecule has 18 heavy (non-hydrogen) atoms. The largest absolute Gasteiger partial charge is 0.377 e. The summed E-state index contributed by atoms with van der Waals surface area (Å²) in [5.74, 6) is 0. The fourth-order valence-corrected chi connectivity index (χ4v) is 2.62. The minimum atomic E-state index is -0.323. The molecule has 0 spiro atoms. The second kappa shape index (κ2) is 7.08. The zero-order valence-corrected chi connectivity index (χ0v) is 12.2. The topological polar surface area (TPSA) is 48.3 Å². The van der Waals surface area contributed by atoms with Gasteiger partial charge in [-0.25, -0.2) is 0 Å². The van der Waals surface area contributed by atoms with Crippen LogP contribution in [-0.2, 0) is 4.74 Å². The Morgan fingerprint density at radius 1 is 1.56 bits per heavy atom. The maximum Gasteiger partial charge on any atom is 0.108 e. The third kappa shape index (κ3) is 4.24. The molecule has 0 amide bonds. The van der Waals surface area contributed by atoms with Crippen molar-refractivity contribution in [2.24, 2.45) is 0 Å². The van der Waals surface area contributed by atoms with Gasteiger partial charge in [0.2, 0.25) is 0 Å². The Kier molecular flexibility index (Phi) is 6.07. The van der Waals surface area contributed by atoms with E-state index in [1.54, 1.807) is 0 Å². The summed E-state index contributed by atoms with van der Waals surface area (Å²) < 4.78 is 5.59. The lowest BCUT2D eigenvalue weighted by molar-refractivity contribution is 0.0470. The van der Waals surface area contributed by atoms with Crippen LogP contribution in [0.2, 0.25) is 0 Å². The molecule has 0 aromatic rings. The zero-order valence-electron chi connectivity index (χ0n) is 12.2. The van der Waals surface area contributed by atoms with E-state index in [9.17, 15) is 5.26 Å². The molecule has 1 N–H and O–H groups in total. The van der Waals surface area contributed by atoms with Crippen molar-refractivity contribution in [1.29, 1.82) is 5.26 Å². The molecule has 1 aliphatic carbocycles. The van der Waals surface area contributed by atoms with E-state index in [-0.39, 0.29) is 5.54 Å². The average Bonchev–Trinajstić information content (AvgIpc) is 2.38. The molecule has 0 aromatic heterocycles. The van der Waals surface area contributed by atoms with Crippen molar-refractivity contribution < 1.29 is 4.74 Å². The van der Waals surface area contributed by atoms with Gasteiger partial charge in [-0.15, -0.1) is 0 Å². The van der Waals surface area contributed by atoms with Gasteiger partial charge in [0.05, 0.1) is 18.8 Å². The quantitative estimate of drug-likeness (QED) is 0.783. The monoisotopic (exact) mass is 253 g/mol. The molecule has 0 heterocycles. The van der Waals surface area contributed by atoms with Crippen molar-refractivity contribution in [2.45, 2.75) is 57.2 Å². The number of nitriles is 1. The van der Waals surface area contributed by atoms with Crippen molar-refractivity contribution >= 4 is 0 Å². The lowest BCUT2D eigenvalue weighted by Gasteiger charge is -2.39. The SMILES string of the molecule is CNC1(C#N)CCCC(N(C)CCOC(C)C)C1. The average molecular weight is 253 g/mol. The first kappa shape index (κ1) is 15.4. The smallest absolute Gasteiger partial charge is 0.108 e. The number of hydrogen-bond donors (Lipinski definition) is 1. The first-order chi connectivity index (χ1) is 8.53. The van der Waals surface area contributed by atoms with Crippen molar-refractivity contribution in [3.8, 4) is 6.07 Å². The molecular formula is C14H27N3O. The van der Waals surface area contributed by atoms with Crippen LogP contribution in [0.4, 0.5) is 0 Å². The normalized spacial score (nSPS) is 28.6. The van der Waals surface area contributed by atoms with Gasteiger partial charge in [0.15, 0.2) is 0 Å². The van der Waals surface area contributed by atoms with E-state index < -0.39 is 0 Å². The van der Waals surface area contributed by atoms with Gasteiger partial charge >= 0.3 is 0 Å². The molecule has 1 aliphatic rings. The number of rotatable bonds is 6.